The number of esters is 1. The topological polar surface area (TPSA) is 76.7 Å². The number of nitrogens with one attached hydrogen (secondary N) is 2. The number of hydrogen-bond acceptors (Lipinski definition) is 5. The molecule has 0 aliphatic carbocycles. The van der Waals surface area contributed by atoms with Crippen LogP contribution >= 0.6 is 0 Å². The lowest BCUT2D eigenvalue weighted by atomic mass is 10.0. The van der Waals surface area contributed by atoms with E-state index in [1.54, 1.807) is 6.08 Å². The van der Waals surface area contributed by atoms with Crippen LogP contribution < -0.4 is 10.6 Å². The monoisotopic (exact) mass is 270 g/mol. The van der Waals surface area contributed by atoms with Gasteiger partial charge in [0, 0.05) is 19.1 Å². The van der Waals surface area contributed by atoms with Crippen LogP contribution in [0.15, 0.2) is 12.2 Å². The lowest BCUT2D eigenvalue weighted by molar-refractivity contribution is -0.143. The lowest BCUT2D eigenvalue weighted by Crippen LogP contribution is -2.46. The zero-order chi connectivity index (χ0) is 14.5. The molecule has 0 spiro atoms. The van der Waals surface area contributed by atoms with Crippen LogP contribution in [0.5, 0.6) is 0 Å². The van der Waals surface area contributed by atoms with Crippen molar-refractivity contribution >= 4 is 12.1 Å². The second-order valence-corrected chi connectivity index (χ2v) is 5.41. The maximum absolute atomic E-state index is 11.5. The molecule has 0 saturated heterocycles. The molecule has 6 nitrogen and oxygen atoms in total. The fourth-order valence-corrected chi connectivity index (χ4v) is 1.64. The van der Waals surface area contributed by atoms with E-state index in [0.29, 0.717) is 13.1 Å². The van der Waals surface area contributed by atoms with Gasteiger partial charge in [0.15, 0.2) is 0 Å². The minimum atomic E-state index is -0.504. The molecular formula is C13H22N2O4. The highest BCUT2D eigenvalue weighted by Crippen LogP contribution is 2.08. The summed E-state index contributed by atoms with van der Waals surface area (Å²) in [7, 11) is 1.37. The molecule has 0 radical (unpaired) electrons. The quantitative estimate of drug-likeness (QED) is 0.587. The number of amides is 1. The van der Waals surface area contributed by atoms with Gasteiger partial charge in [-0.15, -0.1) is 0 Å². The molecule has 0 aromatic rings. The Morgan fingerprint density at radius 1 is 1.37 bits per heavy atom. The Bertz CT molecular complexity index is 360. The number of hydrogen-bond donors (Lipinski definition) is 2. The van der Waals surface area contributed by atoms with Gasteiger partial charge >= 0.3 is 12.1 Å². The van der Waals surface area contributed by atoms with E-state index in [4.69, 9.17) is 4.74 Å². The zero-order valence-electron chi connectivity index (χ0n) is 11.9. The molecule has 0 aromatic heterocycles. The summed E-state index contributed by atoms with van der Waals surface area (Å²) >= 11 is 0. The van der Waals surface area contributed by atoms with Crippen molar-refractivity contribution in [3.8, 4) is 0 Å². The molecule has 2 atom stereocenters. The highest BCUT2D eigenvalue weighted by molar-refractivity contribution is 5.74. The maximum Gasteiger partial charge on any atom is 0.407 e. The van der Waals surface area contributed by atoms with Crippen LogP contribution in [-0.4, -0.2) is 43.9 Å². The maximum atomic E-state index is 11.5. The number of ether oxygens (including phenoxy) is 2. The van der Waals surface area contributed by atoms with Crippen LogP contribution in [0.2, 0.25) is 0 Å². The van der Waals surface area contributed by atoms with Crippen LogP contribution in [0.1, 0.15) is 20.8 Å². The highest BCUT2D eigenvalue weighted by Gasteiger charge is 2.22. The van der Waals surface area contributed by atoms with Gasteiger partial charge in [-0.1, -0.05) is 12.2 Å². The third kappa shape index (κ3) is 5.74. The molecule has 1 heterocycles. The zero-order valence-corrected chi connectivity index (χ0v) is 11.9. The lowest BCUT2D eigenvalue weighted by Gasteiger charge is -2.24. The van der Waals surface area contributed by atoms with E-state index in [9.17, 15) is 9.59 Å². The van der Waals surface area contributed by atoms with Gasteiger partial charge in [-0.3, -0.25) is 4.79 Å². The first-order valence-corrected chi connectivity index (χ1v) is 6.28. The predicted octanol–water partition coefficient (Wildman–Crippen LogP) is 0.828. The smallest absolute Gasteiger partial charge is 0.407 e. The van der Waals surface area contributed by atoms with Gasteiger partial charge in [0.1, 0.15) is 5.60 Å². The first kappa shape index (κ1) is 15.5. The average molecular weight is 270 g/mol. The molecule has 0 unspecified atom stereocenters. The van der Waals surface area contributed by atoms with Crippen molar-refractivity contribution in [3.05, 3.63) is 12.2 Å². The molecule has 2 N–H and O–H groups in total. The number of methoxy groups -OCH3 is 1. The summed E-state index contributed by atoms with van der Waals surface area (Å²) < 4.78 is 9.79. The summed E-state index contributed by atoms with van der Waals surface area (Å²) in [6, 6.07) is -0.00609. The van der Waals surface area contributed by atoms with E-state index in [2.05, 4.69) is 15.4 Å². The van der Waals surface area contributed by atoms with Gasteiger partial charge in [-0.05, 0) is 20.8 Å². The Balaban J connectivity index is 2.33. The molecule has 0 fully saturated rings. The Hall–Kier alpha value is -1.56. The average Bonchev–Trinajstić information content (AvgIpc) is 2.34. The van der Waals surface area contributed by atoms with E-state index in [1.165, 1.54) is 7.11 Å². The number of carbonyl (C=O) groups excluding carboxylic acids is 2. The third-order valence-electron chi connectivity index (χ3n) is 2.54. The third-order valence-corrected chi connectivity index (χ3v) is 2.54. The van der Waals surface area contributed by atoms with E-state index < -0.39 is 11.7 Å². The molecule has 0 aromatic carbocycles. The van der Waals surface area contributed by atoms with Gasteiger partial charge < -0.3 is 20.1 Å². The summed E-state index contributed by atoms with van der Waals surface area (Å²) in [5, 5.41) is 5.82. The van der Waals surface area contributed by atoms with Crippen LogP contribution in [-0.2, 0) is 14.3 Å². The van der Waals surface area contributed by atoms with Crippen molar-refractivity contribution in [2.75, 3.05) is 20.2 Å². The van der Waals surface area contributed by atoms with Crippen LogP contribution in [0.25, 0.3) is 0 Å². The molecular weight excluding hydrogens is 248 g/mol. The Morgan fingerprint density at radius 3 is 2.53 bits per heavy atom. The van der Waals surface area contributed by atoms with Crippen molar-refractivity contribution in [3.63, 3.8) is 0 Å². The van der Waals surface area contributed by atoms with E-state index >= 15 is 0 Å². The van der Waals surface area contributed by atoms with Gasteiger partial charge in [-0.2, -0.15) is 0 Å². The van der Waals surface area contributed by atoms with Gasteiger partial charge in [0.2, 0.25) is 0 Å². The molecule has 6 heteroatoms. The summed E-state index contributed by atoms with van der Waals surface area (Å²) in [6.45, 7) is 6.36. The minimum absolute atomic E-state index is 0.00609. The fraction of sp³-hybridized carbons (Fsp3) is 0.692. The second-order valence-electron chi connectivity index (χ2n) is 5.41. The molecule has 0 bridgehead atoms. The molecule has 1 aliphatic rings. The molecule has 0 saturated carbocycles. The number of alkyl carbamates (subject to hydrolysis) is 1. The summed E-state index contributed by atoms with van der Waals surface area (Å²) in [5.74, 6) is -0.523. The molecule has 1 aliphatic heterocycles. The van der Waals surface area contributed by atoms with Crippen molar-refractivity contribution in [2.24, 2.45) is 5.92 Å². The van der Waals surface area contributed by atoms with E-state index in [0.717, 1.165) is 0 Å². The van der Waals surface area contributed by atoms with Crippen LogP contribution in [0.4, 0.5) is 4.79 Å². The van der Waals surface area contributed by atoms with Gasteiger partial charge in [0.25, 0.3) is 0 Å². The van der Waals surface area contributed by atoms with Crippen LogP contribution in [0, 0.1) is 5.92 Å². The minimum Gasteiger partial charge on any atom is -0.469 e. The molecule has 1 amide bonds. The van der Waals surface area contributed by atoms with E-state index in [1.807, 2.05) is 26.8 Å². The Labute approximate surface area is 113 Å². The van der Waals surface area contributed by atoms with Crippen molar-refractivity contribution in [1.29, 1.82) is 0 Å². The van der Waals surface area contributed by atoms with Crippen molar-refractivity contribution in [1.82, 2.24) is 10.6 Å². The highest BCUT2D eigenvalue weighted by atomic mass is 16.6. The molecule has 19 heavy (non-hydrogen) atoms. The summed E-state index contributed by atoms with van der Waals surface area (Å²) in [6.07, 6.45) is 3.20. The Kier molecular flexibility index (Phi) is 5.35. The molecule has 108 valence electrons. The summed E-state index contributed by atoms with van der Waals surface area (Å²) in [4.78, 5) is 22.8. The first-order chi connectivity index (χ1) is 8.81. The SMILES string of the molecule is COC(=O)[C@H]1C=C[C@H](CNC(=O)OC(C)(C)C)NC1. The predicted molar refractivity (Wildman–Crippen MR) is 70.7 cm³/mol. The number of rotatable bonds is 3. The summed E-state index contributed by atoms with van der Waals surface area (Å²) in [5.41, 5.74) is -0.504. The fourth-order valence-electron chi connectivity index (χ4n) is 1.64. The Morgan fingerprint density at radius 2 is 2.05 bits per heavy atom. The second kappa shape index (κ2) is 6.56. The largest absolute Gasteiger partial charge is 0.469 e. The molecule has 1 rings (SSSR count). The normalized spacial score (nSPS) is 22.7. The first-order valence-electron chi connectivity index (χ1n) is 6.28. The van der Waals surface area contributed by atoms with Gasteiger partial charge in [0.05, 0.1) is 13.0 Å². The number of carbonyl (C=O) groups is 2. The van der Waals surface area contributed by atoms with Crippen LogP contribution in [0.3, 0.4) is 0 Å². The van der Waals surface area contributed by atoms with Gasteiger partial charge in [-0.25, -0.2) is 4.79 Å². The van der Waals surface area contributed by atoms with E-state index in [-0.39, 0.29) is 17.9 Å². The standard InChI is InChI=1S/C13H22N2O4/c1-13(2,3)19-12(17)15-8-10-6-5-9(7-14-10)11(16)18-4/h5-6,9-10,14H,7-8H2,1-4H3,(H,15,17)/t9-,10+/m0/s1. The van der Waals surface area contributed by atoms with Crippen molar-refractivity contribution < 1.29 is 19.1 Å². The van der Waals surface area contributed by atoms with Crippen molar-refractivity contribution in [2.45, 2.75) is 32.4 Å².